The van der Waals surface area contributed by atoms with Gasteiger partial charge in [0.25, 0.3) is 5.91 Å². The molecular formula is C24H22FN5O. The zero-order chi connectivity index (χ0) is 21.5. The molecule has 7 heteroatoms. The Labute approximate surface area is 179 Å². The minimum absolute atomic E-state index is 0.0953. The van der Waals surface area contributed by atoms with Crippen molar-refractivity contribution >= 4 is 33.7 Å². The molecule has 0 bridgehead atoms. The molecular weight excluding hydrogens is 393 g/mol. The van der Waals surface area contributed by atoms with Crippen LogP contribution in [0.1, 0.15) is 21.7 Å². The van der Waals surface area contributed by atoms with Gasteiger partial charge in [-0.2, -0.15) is 0 Å². The van der Waals surface area contributed by atoms with Gasteiger partial charge in [0.05, 0.1) is 27.8 Å². The second kappa shape index (κ2) is 7.58. The lowest BCUT2D eigenvalue weighted by molar-refractivity contribution is 0.0748. The van der Waals surface area contributed by atoms with E-state index in [4.69, 9.17) is 4.98 Å². The molecule has 1 aliphatic rings. The Morgan fingerprint density at radius 1 is 0.871 bits per heavy atom. The quantitative estimate of drug-likeness (QED) is 0.497. The molecule has 31 heavy (non-hydrogen) atoms. The van der Waals surface area contributed by atoms with E-state index < -0.39 is 0 Å². The molecule has 5 rings (SSSR count). The summed E-state index contributed by atoms with van der Waals surface area (Å²) in [6.07, 6.45) is 0. The van der Waals surface area contributed by atoms with Gasteiger partial charge in [-0.15, -0.1) is 0 Å². The van der Waals surface area contributed by atoms with Crippen LogP contribution in [0.15, 0.2) is 48.5 Å². The number of nitrogens with zero attached hydrogens (tertiary/aromatic N) is 5. The molecule has 2 aromatic carbocycles. The van der Waals surface area contributed by atoms with Crippen molar-refractivity contribution in [1.29, 1.82) is 0 Å². The van der Waals surface area contributed by atoms with E-state index in [1.165, 1.54) is 12.1 Å². The van der Waals surface area contributed by atoms with Crippen LogP contribution in [0.2, 0.25) is 0 Å². The SMILES string of the molecule is Cc1cc(C(=O)N2CCN(c3nc4ccccc4nc3C)CC2)c2cc(F)ccc2n1. The van der Waals surface area contributed by atoms with Gasteiger partial charge in [-0.3, -0.25) is 9.78 Å². The minimum Gasteiger partial charge on any atom is -0.352 e. The van der Waals surface area contributed by atoms with E-state index in [1.807, 2.05) is 43.0 Å². The Balaban J connectivity index is 1.39. The lowest BCUT2D eigenvalue weighted by Crippen LogP contribution is -2.49. The van der Waals surface area contributed by atoms with Gasteiger partial charge >= 0.3 is 0 Å². The molecule has 0 radical (unpaired) electrons. The first-order chi connectivity index (χ1) is 15.0. The van der Waals surface area contributed by atoms with Crippen LogP contribution in [0.5, 0.6) is 0 Å². The van der Waals surface area contributed by atoms with E-state index in [0.717, 1.165) is 28.2 Å². The summed E-state index contributed by atoms with van der Waals surface area (Å²) < 4.78 is 13.8. The number of aromatic nitrogens is 3. The molecule has 1 amide bonds. The molecule has 6 nitrogen and oxygen atoms in total. The normalized spacial score (nSPS) is 14.4. The fraction of sp³-hybridized carbons (Fsp3) is 0.250. The predicted molar refractivity (Wildman–Crippen MR) is 119 cm³/mol. The van der Waals surface area contributed by atoms with Gasteiger partial charge in [-0.25, -0.2) is 14.4 Å². The third-order valence-corrected chi connectivity index (χ3v) is 5.72. The van der Waals surface area contributed by atoms with Gasteiger partial charge in [0, 0.05) is 37.3 Å². The van der Waals surface area contributed by atoms with Crippen molar-refractivity contribution in [3.63, 3.8) is 0 Å². The van der Waals surface area contributed by atoms with E-state index in [2.05, 4.69) is 14.9 Å². The van der Waals surface area contributed by atoms with Crippen molar-refractivity contribution in [3.8, 4) is 0 Å². The number of fused-ring (bicyclic) bond motifs is 2. The maximum Gasteiger partial charge on any atom is 0.254 e. The number of anilines is 1. The third-order valence-electron chi connectivity index (χ3n) is 5.72. The van der Waals surface area contributed by atoms with Crippen molar-refractivity contribution in [2.24, 2.45) is 0 Å². The van der Waals surface area contributed by atoms with Crippen molar-refractivity contribution in [2.75, 3.05) is 31.1 Å². The smallest absolute Gasteiger partial charge is 0.254 e. The Bertz CT molecular complexity index is 1310. The van der Waals surface area contributed by atoms with Crippen LogP contribution in [0.4, 0.5) is 10.2 Å². The number of amides is 1. The number of hydrogen-bond acceptors (Lipinski definition) is 5. The molecule has 1 aliphatic heterocycles. The fourth-order valence-corrected chi connectivity index (χ4v) is 4.18. The number of carbonyl (C=O) groups is 1. The molecule has 0 unspecified atom stereocenters. The highest BCUT2D eigenvalue weighted by Gasteiger charge is 2.25. The van der Waals surface area contributed by atoms with Crippen LogP contribution in [-0.4, -0.2) is 51.9 Å². The highest BCUT2D eigenvalue weighted by atomic mass is 19.1. The number of rotatable bonds is 2. The Hall–Kier alpha value is -3.61. The van der Waals surface area contributed by atoms with Gasteiger partial charge < -0.3 is 9.80 Å². The fourth-order valence-electron chi connectivity index (χ4n) is 4.18. The number of aryl methyl sites for hydroxylation is 2. The molecule has 0 spiro atoms. The second-order valence-electron chi connectivity index (χ2n) is 7.87. The van der Waals surface area contributed by atoms with Crippen molar-refractivity contribution in [3.05, 3.63) is 71.3 Å². The highest BCUT2D eigenvalue weighted by Crippen LogP contribution is 2.24. The summed E-state index contributed by atoms with van der Waals surface area (Å²) >= 11 is 0. The van der Waals surface area contributed by atoms with Gasteiger partial charge in [0.2, 0.25) is 0 Å². The standard InChI is InChI=1S/C24H22FN5O/c1-15-13-19(18-14-17(25)7-8-20(18)26-15)24(31)30-11-9-29(10-12-30)23-16(2)27-21-5-3-4-6-22(21)28-23/h3-8,13-14H,9-12H2,1-2H3. The van der Waals surface area contributed by atoms with Crippen molar-refractivity contribution < 1.29 is 9.18 Å². The van der Waals surface area contributed by atoms with Crippen LogP contribution in [-0.2, 0) is 0 Å². The summed E-state index contributed by atoms with van der Waals surface area (Å²) in [6.45, 7) is 6.26. The van der Waals surface area contributed by atoms with Gasteiger partial charge in [-0.05, 0) is 50.2 Å². The number of benzene rings is 2. The average molecular weight is 415 g/mol. The number of piperazine rings is 1. The Morgan fingerprint density at radius 3 is 2.32 bits per heavy atom. The van der Waals surface area contributed by atoms with Gasteiger partial charge in [0.15, 0.2) is 5.82 Å². The predicted octanol–water partition coefficient (Wildman–Crippen LogP) is 3.90. The Kier molecular flexibility index (Phi) is 4.73. The second-order valence-corrected chi connectivity index (χ2v) is 7.87. The molecule has 4 aromatic rings. The molecule has 3 heterocycles. The van der Waals surface area contributed by atoms with Crippen LogP contribution in [0.25, 0.3) is 21.9 Å². The number of halogens is 1. The average Bonchev–Trinajstić information content (AvgIpc) is 2.78. The first-order valence-electron chi connectivity index (χ1n) is 10.3. The van der Waals surface area contributed by atoms with E-state index in [0.29, 0.717) is 42.6 Å². The minimum atomic E-state index is -0.373. The lowest BCUT2D eigenvalue weighted by Gasteiger charge is -2.36. The largest absolute Gasteiger partial charge is 0.352 e. The van der Waals surface area contributed by atoms with Gasteiger partial charge in [0.1, 0.15) is 5.82 Å². The van der Waals surface area contributed by atoms with E-state index >= 15 is 0 Å². The lowest BCUT2D eigenvalue weighted by atomic mass is 10.1. The van der Waals surface area contributed by atoms with E-state index in [-0.39, 0.29) is 11.7 Å². The molecule has 0 aliphatic carbocycles. The number of carbonyl (C=O) groups excluding carboxylic acids is 1. The maximum atomic E-state index is 13.8. The summed E-state index contributed by atoms with van der Waals surface area (Å²) in [5, 5.41) is 0.550. The van der Waals surface area contributed by atoms with E-state index in [1.54, 1.807) is 12.1 Å². The van der Waals surface area contributed by atoms with Crippen LogP contribution in [0, 0.1) is 19.7 Å². The topological polar surface area (TPSA) is 62.2 Å². The third kappa shape index (κ3) is 3.56. The van der Waals surface area contributed by atoms with Crippen molar-refractivity contribution in [1.82, 2.24) is 19.9 Å². The number of para-hydroxylation sites is 2. The summed E-state index contributed by atoms with van der Waals surface area (Å²) in [6, 6.07) is 13.9. The van der Waals surface area contributed by atoms with Gasteiger partial charge in [-0.1, -0.05) is 12.1 Å². The first kappa shape index (κ1) is 19.4. The number of pyridine rings is 1. The zero-order valence-electron chi connectivity index (χ0n) is 17.5. The molecule has 0 saturated carbocycles. The molecule has 0 N–H and O–H groups in total. The van der Waals surface area contributed by atoms with Crippen LogP contribution >= 0.6 is 0 Å². The van der Waals surface area contributed by atoms with Crippen LogP contribution in [0.3, 0.4) is 0 Å². The molecule has 0 atom stereocenters. The number of hydrogen-bond donors (Lipinski definition) is 0. The maximum absolute atomic E-state index is 13.8. The zero-order valence-corrected chi connectivity index (χ0v) is 17.5. The molecule has 1 saturated heterocycles. The summed E-state index contributed by atoms with van der Waals surface area (Å²) in [5.41, 5.74) is 4.49. The van der Waals surface area contributed by atoms with Crippen LogP contribution < -0.4 is 4.90 Å². The summed E-state index contributed by atoms with van der Waals surface area (Å²) in [5.74, 6) is 0.391. The molecule has 1 fully saturated rings. The first-order valence-corrected chi connectivity index (χ1v) is 10.3. The summed E-state index contributed by atoms with van der Waals surface area (Å²) in [7, 11) is 0. The van der Waals surface area contributed by atoms with Crippen molar-refractivity contribution in [2.45, 2.75) is 13.8 Å². The molecule has 156 valence electrons. The monoisotopic (exact) mass is 415 g/mol. The molecule has 2 aromatic heterocycles. The highest BCUT2D eigenvalue weighted by molar-refractivity contribution is 6.06. The summed E-state index contributed by atoms with van der Waals surface area (Å²) in [4.78, 5) is 31.2. The van der Waals surface area contributed by atoms with E-state index in [9.17, 15) is 9.18 Å². The Morgan fingerprint density at radius 2 is 1.58 bits per heavy atom.